The molecule has 2 saturated heterocycles. The molecule has 154 valence electrons. The number of carbonyl (C=O) groups is 2. The third-order valence-electron chi connectivity index (χ3n) is 5.14. The Morgan fingerprint density at radius 1 is 1.25 bits per heavy atom. The third-order valence-corrected chi connectivity index (χ3v) is 6.37. The Bertz CT molecular complexity index is 732. The number of alkyl halides is 3. The van der Waals surface area contributed by atoms with Gasteiger partial charge in [0.05, 0.1) is 11.3 Å². The second-order valence-electron chi connectivity index (χ2n) is 7.77. The van der Waals surface area contributed by atoms with Gasteiger partial charge in [0.2, 0.25) is 11.8 Å². The number of rotatable bonds is 5. The summed E-state index contributed by atoms with van der Waals surface area (Å²) in [5, 5.41) is -0.579. The smallest absolute Gasteiger partial charge is 0.341 e. The number of amides is 2. The van der Waals surface area contributed by atoms with Crippen LogP contribution in [0.15, 0.2) is 24.3 Å². The summed E-state index contributed by atoms with van der Waals surface area (Å²) in [5.74, 6) is 0.0738. The monoisotopic (exact) mass is 414 g/mol. The van der Waals surface area contributed by atoms with Crippen molar-refractivity contribution in [3.05, 3.63) is 35.4 Å². The van der Waals surface area contributed by atoms with Gasteiger partial charge in [-0.3, -0.25) is 9.59 Å². The Labute approximate surface area is 167 Å². The molecular formula is C20H25F3N2O2S. The van der Waals surface area contributed by atoms with Gasteiger partial charge in [-0.2, -0.15) is 13.2 Å². The van der Waals surface area contributed by atoms with Crippen LogP contribution < -0.4 is 0 Å². The van der Waals surface area contributed by atoms with E-state index >= 15 is 0 Å². The lowest BCUT2D eigenvalue weighted by Crippen LogP contribution is -2.50. The van der Waals surface area contributed by atoms with Crippen LogP contribution in [0.5, 0.6) is 0 Å². The number of thioether (sulfide) groups is 1. The summed E-state index contributed by atoms with van der Waals surface area (Å²) in [6.07, 6.45) is -2.06. The average Bonchev–Trinajstić information content (AvgIpc) is 3.28. The van der Waals surface area contributed by atoms with Crippen molar-refractivity contribution >= 4 is 23.6 Å². The fraction of sp³-hybridized carbons (Fsp3) is 0.600. The van der Waals surface area contributed by atoms with E-state index in [1.165, 1.54) is 22.7 Å². The Balaban J connectivity index is 1.93. The number of benzene rings is 1. The van der Waals surface area contributed by atoms with Gasteiger partial charge >= 0.3 is 6.18 Å². The lowest BCUT2D eigenvalue weighted by Gasteiger charge is -2.35. The van der Waals surface area contributed by atoms with E-state index in [0.29, 0.717) is 25.1 Å². The van der Waals surface area contributed by atoms with Crippen molar-refractivity contribution < 1.29 is 22.8 Å². The molecule has 0 saturated carbocycles. The quantitative estimate of drug-likeness (QED) is 0.721. The zero-order chi connectivity index (χ0) is 20.5. The summed E-state index contributed by atoms with van der Waals surface area (Å²) in [6, 6.07) is 4.44. The summed E-state index contributed by atoms with van der Waals surface area (Å²) >= 11 is 1.28. The second kappa shape index (κ2) is 8.35. The highest BCUT2D eigenvalue weighted by Crippen LogP contribution is 2.43. The van der Waals surface area contributed by atoms with Crippen molar-refractivity contribution in [2.24, 2.45) is 5.92 Å². The van der Waals surface area contributed by atoms with E-state index in [4.69, 9.17) is 0 Å². The molecule has 1 aromatic carbocycles. The van der Waals surface area contributed by atoms with E-state index in [-0.39, 0.29) is 23.5 Å². The normalized spacial score (nSPS) is 21.6. The van der Waals surface area contributed by atoms with E-state index in [0.717, 1.165) is 25.0 Å². The molecule has 2 amide bonds. The van der Waals surface area contributed by atoms with Crippen molar-refractivity contribution in [1.82, 2.24) is 9.80 Å². The zero-order valence-corrected chi connectivity index (χ0v) is 16.9. The lowest BCUT2D eigenvalue weighted by atomic mass is 9.99. The van der Waals surface area contributed by atoms with Gasteiger partial charge < -0.3 is 9.80 Å². The first-order chi connectivity index (χ1) is 13.2. The van der Waals surface area contributed by atoms with E-state index in [1.54, 1.807) is 11.0 Å². The number of hydrogen-bond donors (Lipinski definition) is 0. The predicted molar refractivity (Wildman–Crippen MR) is 103 cm³/mol. The van der Waals surface area contributed by atoms with Crippen LogP contribution >= 0.6 is 11.8 Å². The molecule has 0 aromatic heterocycles. The highest BCUT2D eigenvalue weighted by atomic mass is 32.2. The molecule has 3 rings (SSSR count). The molecule has 2 unspecified atom stereocenters. The van der Waals surface area contributed by atoms with Crippen molar-refractivity contribution in [2.45, 2.75) is 50.7 Å². The highest BCUT2D eigenvalue weighted by molar-refractivity contribution is 8.00. The van der Waals surface area contributed by atoms with Crippen LogP contribution in [-0.4, -0.2) is 46.5 Å². The van der Waals surface area contributed by atoms with Gasteiger partial charge in [0.15, 0.2) is 0 Å². The molecule has 0 aliphatic carbocycles. The summed E-state index contributed by atoms with van der Waals surface area (Å²) in [7, 11) is 0. The Morgan fingerprint density at radius 3 is 2.54 bits per heavy atom. The summed E-state index contributed by atoms with van der Waals surface area (Å²) in [4.78, 5) is 29.2. The van der Waals surface area contributed by atoms with Gasteiger partial charge in [-0.15, -0.1) is 11.8 Å². The molecule has 2 aliphatic rings. The molecule has 0 bridgehead atoms. The van der Waals surface area contributed by atoms with Gasteiger partial charge in [-0.05, 0) is 42.9 Å². The minimum absolute atomic E-state index is 0.0842. The van der Waals surface area contributed by atoms with E-state index in [9.17, 15) is 22.8 Å². The summed E-state index contributed by atoms with van der Waals surface area (Å²) in [6.45, 7) is 5.32. The SMILES string of the molecule is CC(C)CC(C(=O)N1CCCC1)N1C(=O)CSC1c1cccc(C(F)(F)F)c1. The Kier molecular flexibility index (Phi) is 6.27. The van der Waals surface area contributed by atoms with Crippen LogP contribution in [0.4, 0.5) is 13.2 Å². The number of halogens is 3. The first-order valence-electron chi connectivity index (χ1n) is 9.57. The number of likely N-dealkylation sites (tertiary alicyclic amines) is 1. The minimum Gasteiger partial charge on any atom is -0.341 e. The van der Waals surface area contributed by atoms with Crippen molar-refractivity contribution in [3.8, 4) is 0 Å². The van der Waals surface area contributed by atoms with Gasteiger partial charge in [0.1, 0.15) is 11.4 Å². The Hall–Kier alpha value is -1.70. The number of nitrogens with zero attached hydrogens (tertiary/aromatic N) is 2. The van der Waals surface area contributed by atoms with Crippen LogP contribution in [0, 0.1) is 5.92 Å². The minimum atomic E-state index is -4.45. The predicted octanol–water partition coefficient (Wildman–Crippen LogP) is 4.32. The molecule has 2 heterocycles. The molecule has 8 heteroatoms. The van der Waals surface area contributed by atoms with E-state index < -0.39 is 23.2 Å². The molecule has 28 heavy (non-hydrogen) atoms. The maximum absolute atomic E-state index is 13.2. The van der Waals surface area contributed by atoms with E-state index in [2.05, 4.69) is 0 Å². The fourth-order valence-corrected chi connectivity index (χ4v) is 5.04. The molecule has 4 nitrogen and oxygen atoms in total. The van der Waals surface area contributed by atoms with Gasteiger partial charge in [-0.1, -0.05) is 26.0 Å². The van der Waals surface area contributed by atoms with Crippen LogP contribution in [-0.2, 0) is 15.8 Å². The van der Waals surface area contributed by atoms with Gasteiger partial charge in [0.25, 0.3) is 0 Å². The lowest BCUT2D eigenvalue weighted by molar-refractivity contribution is -0.144. The molecule has 0 N–H and O–H groups in total. The molecule has 2 fully saturated rings. The molecule has 2 aliphatic heterocycles. The first-order valence-corrected chi connectivity index (χ1v) is 10.6. The summed E-state index contributed by atoms with van der Waals surface area (Å²) < 4.78 is 39.4. The second-order valence-corrected chi connectivity index (χ2v) is 8.83. The van der Waals surface area contributed by atoms with Crippen molar-refractivity contribution in [1.29, 1.82) is 0 Å². The third kappa shape index (κ3) is 4.47. The standard InChI is InChI=1S/C20H25F3N2O2S/c1-13(2)10-16(18(27)24-8-3-4-9-24)25-17(26)12-28-19(25)14-6-5-7-15(11-14)20(21,22)23/h5-7,11,13,16,19H,3-4,8-10,12H2,1-2H3. The molecular weight excluding hydrogens is 389 g/mol. The number of carbonyl (C=O) groups excluding carboxylic acids is 2. The Morgan fingerprint density at radius 2 is 1.93 bits per heavy atom. The van der Waals surface area contributed by atoms with Crippen molar-refractivity contribution in [2.75, 3.05) is 18.8 Å². The summed E-state index contributed by atoms with van der Waals surface area (Å²) in [5.41, 5.74) is -0.329. The first kappa shape index (κ1) is 21.0. The topological polar surface area (TPSA) is 40.6 Å². The molecule has 0 spiro atoms. The zero-order valence-electron chi connectivity index (χ0n) is 16.0. The molecule has 0 radical (unpaired) electrons. The maximum Gasteiger partial charge on any atom is 0.416 e. The molecule has 1 aromatic rings. The van der Waals surface area contributed by atoms with E-state index in [1.807, 2.05) is 13.8 Å². The fourth-order valence-electron chi connectivity index (χ4n) is 3.83. The largest absolute Gasteiger partial charge is 0.416 e. The number of hydrogen-bond acceptors (Lipinski definition) is 3. The van der Waals surface area contributed by atoms with Crippen molar-refractivity contribution in [3.63, 3.8) is 0 Å². The van der Waals surface area contributed by atoms with Crippen LogP contribution in [0.1, 0.15) is 49.6 Å². The van der Waals surface area contributed by atoms with Crippen LogP contribution in [0.2, 0.25) is 0 Å². The van der Waals surface area contributed by atoms with Crippen LogP contribution in [0.25, 0.3) is 0 Å². The highest BCUT2D eigenvalue weighted by Gasteiger charge is 2.43. The van der Waals surface area contributed by atoms with Gasteiger partial charge in [-0.25, -0.2) is 0 Å². The maximum atomic E-state index is 13.2. The van der Waals surface area contributed by atoms with Gasteiger partial charge in [0, 0.05) is 13.1 Å². The average molecular weight is 414 g/mol. The molecule has 2 atom stereocenters. The van der Waals surface area contributed by atoms with Crippen LogP contribution in [0.3, 0.4) is 0 Å².